The Labute approximate surface area is 193 Å². The number of para-hydroxylation sites is 1. The molecule has 0 bridgehead atoms. The van der Waals surface area contributed by atoms with Gasteiger partial charge in [0.2, 0.25) is 11.8 Å². The van der Waals surface area contributed by atoms with E-state index in [0.29, 0.717) is 24.5 Å². The molecule has 1 aliphatic heterocycles. The van der Waals surface area contributed by atoms with Crippen molar-refractivity contribution in [1.29, 1.82) is 0 Å². The number of hydrogen-bond donors (Lipinski definition) is 1. The third kappa shape index (κ3) is 3.60. The van der Waals surface area contributed by atoms with Crippen LogP contribution < -0.4 is 10.2 Å². The number of benzene rings is 2. The summed E-state index contributed by atoms with van der Waals surface area (Å²) in [6.45, 7) is 2.40. The molecule has 7 nitrogen and oxygen atoms in total. The van der Waals surface area contributed by atoms with E-state index in [-0.39, 0.29) is 18.4 Å². The molecule has 0 saturated carbocycles. The molecule has 32 heavy (non-hydrogen) atoms. The number of carbonyl (C=O) groups is 2. The first kappa shape index (κ1) is 20.5. The minimum atomic E-state index is -0.249. The van der Waals surface area contributed by atoms with Crippen LogP contribution in [0, 0.1) is 6.92 Å². The maximum absolute atomic E-state index is 12.7. The van der Waals surface area contributed by atoms with Crippen LogP contribution in [0.1, 0.15) is 12.0 Å². The van der Waals surface area contributed by atoms with Gasteiger partial charge in [0.25, 0.3) is 0 Å². The van der Waals surface area contributed by atoms with Crippen molar-refractivity contribution in [1.82, 2.24) is 14.3 Å². The Morgan fingerprint density at radius 1 is 1.19 bits per heavy atom. The highest BCUT2D eigenvalue weighted by atomic mass is 79.9. The number of carbonyl (C=O) groups excluding carboxylic acids is 2. The molecular formula is C24H22BrN5O2. The van der Waals surface area contributed by atoms with E-state index in [0.717, 1.165) is 32.2 Å². The van der Waals surface area contributed by atoms with Crippen LogP contribution in [-0.2, 0) is 23.2 Å². The average Bonchev–Trinajstić information content (AvgIpc) is 3.34. The van der Waals surface area contributed by atoms with Gasteiger partial charge in [0.15, 0.2) is 0 Å². The van der Waals surface area contributed by atoms with Gasteiger partial charge in [-0.2, -0.15) is 5.10 Å². The number of nitrogens with zero attached hydrogens (tertiary/aromatic N) is 4. The normalized spacial score (nSPS) is 13.5. The van der Waals surface area contributed by atoms with Gasteiger partial charge >= 0.3 is 0 Å². The molecule has 2 aromatic heterocycles. The molecule has 162 valence electrons. The second kappa shape index (κ2) is 7.94. The number of anilines is 2. The SMILES string of the molecule is Cc1cc(NC(=O)CN2C(=O)CCn3nc(-c4cn(C)c5ccccc45)cc32)ccc1Br. The van der Waals surface area contributed by atoms with E-state index in [1.54, 1.807) is 0 Å². The fourth-order valence-corrected chi connectivity index (χ4v) is 4.41. The van der Waals surface area contributed by atoms with Crippen molar-refractivity contribution in [2.45, 2.75) is 19.9 Å². The highest BCUT2D eigenvalue weighted by molar-refractivity contribution is 9.10. The smallest absolute Gasteiger partial charge is 0.244 e. The molecule has 3 heterocycles. The lowest BCUT2D eigenvalue weighted by Gasteiger charge is -2.26. The number of halogens is 1. The van der Waals surface area contributed by atoms with Crippen molar-refractivity contribution in [2.24, 2.45) is 7.05 Å². The summed E-state index contributed by atoms with van der Waals surface area (Å²) in [7, 11) is 2.01. The van der Waals surface area contributed by atoms with Gasteiger partial charge in [0.1, 0.15) is 12.4 Å². The summed E-state index contributed by atoms with van der Waals surface area (Å²) in [6.07, 6.45) is 2.36. The number of fused-ring (bicyclic) bond motifs is 2. The topological polar surface area (TPSA) is 72.2 Å². The van der Waals surface area contributed by atoms with Gasteiger partial charge in [0, 0.05) is 52.4 Å². The van der Waals surface area contributed by atoms with E-state index in [1.807, 2.05) is 61.2 Å². The van der Waals surface area contributed by atoms with Crippen LogP contribution in [0.15, 0.2) is 59.2 Å². The van der Waals surface area contributed by atoms with E-state index in [9.17, 15) is 9.59 Å². The van der Waals surface area contributed by atoms with Gasteiger partial charge in [-0.15, -0.1) is 0 Å². The van der Waals surface area contributed by atoms with Gasteiger partial charge in [-0.1, -0.05) is 34.1 Å². The minimum absolute atomic E-state index is 0.0609. The average molecular weight is 492 g/mol. The van der Waals surface area contributed by atoms with Crippen LogP contribution in [0.5, 0.6) is 0 Å². The van der Waals surface area contributed by atoms with Crippen LogP contribution in [0.4, 0.5) is 11.5 Å². The Morgan fingerprint density at radius 3 is 2.81 bits per heavy atom. The summed E-state index contributed by atoms with van der Waals surface area (Å²) in [5.41, 5.74) is 4.64. The Morgan fingerprint density at radius 2 is 2.00 bits per heavy atom. The maximum Gasteiger partial charge on any atom is 0.244 e. The second-order valence-corrected chi connectivity index (χ2v) is 8.88. The summed E-state index contributed by atoms with van der Waals surface area (Å²) in [5, 5.41) is 8.75. The molecule has 0 spiro atoms. The van der Waals surface area contributed by atoms with E-state index >= 15 is 0 Å². The lowest BCUT2D eigenvalue weighted by atomic mass is 10.1. The fourth-order valence-electron chi connectivity index (χ4n) is 4.17. The molecule has 0 saturated heterocycles. The zero-order chi connectivity index (χ0) is 22.4. The standard InChI is InChI=1S/C24H22BrN5O2/c1-15-11-16(7-8-19(15)25)26-22(31)14-29-23-12-20(27-30(23)10-9-24(29)32)18-13-28(2)21-6-4-3-5-17(18)21/h3-8,11-13H,9-10,14H2,1-2H3,(H,26,31). The molecule has 0 radical (unpaired) electrons. The van der Waals surface area contributed by atoms with Crippen LogP contribution in [0.25, 0.3) is 22.2 Å². The quantitative estimate of drug-likeness (QED) is 0.457. The molecule has 8 heteroatoms. The number of amides is 2. The van der Waals surface area contributed by atoms with Crippen LogP contribution in [0.3, 0.4) is 0 Å². The van der Waals surface area contributed by atoms with Crippen LogP contribution in [-0.4, -0.2) is 32.7 Å². The van der Waals surface area contributed by atoms with E-state index < -0.39 is 0 Å². The maximum atomic E-state index is 12.7. The second-order valence-electron chi connectivity index (χ2n) is 8.02. The highest BCUT2D eigenvalue weighted by Gasteiger charge is 2.28. The van der Waals surface area contributed by atoms with Gasteiger partial charge < -0.3 is 9.88 Å². The number of aromatic nitrogens is 3. The fraction of sp³-hybridized carbons (Fsp3) is 0.208. The summed E-state index contributed by atoms with van der Waals surface area (Å²) >= 11 is 3.46. The molecule has 1 N–H and O–H groups in total. The first-order valence-electron chi connectivity index (χ1n) is 10.4. The molecule has 4 aromatic rings. The first-order chi connectivity index (χ1) is 15.4. The third-order valence-electron chi connectivity index (χ3n) is 5.79. The van der Waals surface area contributed by atoms with Crippen LogP contribution >= 0.6 is 15.9 Å². The molecule has 0 fully saturated rings. The lowest BCUT2D eigenvalue weighted by Crippen LogP contribution is -2.42. The Bertz CT molecular complexity index is 1370. The lowest BCUT2D eigenvalue weighted by molar-refractivity contribution is -0.122. The molecule has 1 aliphatic rings. The van der Waals surface area contributed by atoms with Crippen molar-refractivity contribution >= 4 is 50.2 Å². The Kier molecular flexibility index (Phi) is 5.09. The first-order valence-corrected chi connectivity index (χ1v) is 11.2. The molecular weight excluding hydrogens is 470 g/mol. The van der Waals surface area contributed by atoms with Gasteiger partial charge in [-0.25, -0.2) is 4.68 Å². The van der Waals surface area contributed by atoms with E-state index in [2.05, 4.69) is 37.9 Å². The zero-order valence-electron chi connectivity index (χ0n) is 17.8. The number of aryl methyl sites for hydroxylation is 3. The number of hydrogen-bond acceptors (Lipinski definition) is 3. The molecule has 0 atom stereocenters. The largest absolute Gasteiger partial charge is 0.350 e. The zero-order valence-corrected chi connectivity index (χ0v) is 19.4. The van der Waals surface area contributed by atoms with E-state index in [4.69, 9.17) is 5.10 Å². The summed E-state index contributed by atoms with van der Waals surface area (Å²) in [6, 6.07) is 15.7. The van der Waals surface area contributed by atoms with Crippen LogP contribution in [0.2, 0.25) is 0 Å². The minimum Gasteiger partial charge on any atom is -0.350 e. The molecule has 0 unspecified atom stereocenters. The Balaban J connectivity index is 1.43. The number of nitrogens with one attached hydrogen (secondary N) is 1. The predicted octanol–water partition coefficient (Wildman–Crippen LogP) is 4.49. The molecule has 2 amide bonds. The molecule has 2 aromatic carbocycles. The summed E-state index contributed by atoms with van der Waals surface area (Å²) < 4.78 is 4.86. The van der Waals surface area contributed by atoms with Gasteiger partial charge in [0.05, 0.1) is 12.2 Å². The van der Waals surface area contributed by atoms with Crippen molar-refractivity contribution in [3.8, 4) is 11.3 Å². The van der Waals surface area contributed by atoms with Gasteiger partial charge in [-0.05, 0) is 36.8 Å². The summed E-state index contributed by atoms with van der Waals surface area (Å²) in [5.74, 6) is 0.316. The molecule has 0 aliphatic carbocycles. The van der Waals surface area contributed by atoms with Crippen molar-refractivity contribution in [2.75, 3.05) is 16.8 Å². The summed E-state index contributed by atoms with van der Waals surface area (Å²) in [4.78, 5) is 27.0. The Hall–Kier alpha value is -3.39. The monoisotopic (exact) mass is 491 g/mol. The van der Waals surface area contributed by atoms with Crippen molar-refractivity contribution in [3.05, 3.63) is 64.8 Å². The van der Waals surface area contributed by atoms with E-state index in [1.165, 1.54) is 4.90 Å². The highest BCUT2D eigenvalue weighted by Crippen LogP contribution is 2.33. The molecule has 5 rings (SSSR count). The van der Waals surface area contributed by atoms with Crippen molar-refractivity contribution in [3.63, 3.8) is 0 Å². The number of rotatable bonds is 4. The van der Waals surface area contributed by atoms with Gasteiger partial charge in [-0.3, -0.25) is 14.5 Å². The third-order valence-corrected chi connectivity index (χ3v) is 6.68. The predicted molar refractivity (Wildman–Crippen MR) is 129 cm³/mol. The van der Waals surface area contributed by atoms with Crippen molar-refractivity contribution < 1.29 is 9.59 Å².